The Morgan fingerprint density at radius 3 is 2.75 bits per heavy atom. The number of carbonyl (C=O) groups is 1. The minimum atomic E-state index is -0.755. The zero-order valence-electron chi connectivity index (χ0n) is 6.88. The zero-order valence-corrected chi connectivity index (χ0v) is 7.69. The minimum Gasteiger partial charge on any atom is -0.480 e. The van der Waals surface area contributed by atoms with Crippen molar-refractivity contribution in [3.63, 3.8) is 0 Å². The largest absolute Gasteiger partial charge is 0.480 e. The average molecular weight is 192 g/mol. The molecule has 0 unspecified atom stereocenters. The van der Waals surface area contributed by atoms with E-state index < -0.39 is 11.5 Å². The first kappa shape index (κ1) is 11.5. The van der Waals surface area contributed by atoms with E-state index in [1.165, 1.54) is 0 Å². The average Bonchev–Trinajstić information content (AvgIpc) is 2.38. The van der Waals surface area contributed by atoms with Crippen LogP contribution in [-0.2, 0) is 4.79 Å². The van der Waals surface area contributed by atoms with Crippen LogP contribution in [0.5, 0.6) is 0 Å². The van der Waals surface area contributed by atoms with Crippen molar-refractivity contribution < 1.29 is 9.90 Å². The third-order valence-electron chi connectivity index (χ3n) is 2.15. The van der Waals surface area contributed by atoms with Crippen molar-refractivity contribution in [1.29, 1.82) is 0 Å². The summed E-state index contributed by atoms with van der Waals surface area (Å²) >= 11 is 0. The SMILES string of the molecule is C=CC[C@@]1(C(=O)O)CCCN1.Cl. The molecular formula is C8H14ClNO2. The molecular weight excluding hydrogens is 178 g/mol. The van der Waals surface area contributed by atoms with Gasteiger partial charge in [-0.25, -0.2) is 0 Å². The number of aliphatic carboxylic acids is 1. The van der Waals surface area contributed by atoms with Gasteiger partial charge in [0.1, 0.15) is 5.54 Å². The summed E-state index contributed by atoms with van der Waals surface area (Å²) in [5.74, 6) is -0.755. The van der Waals surface area contributed by atoms with Crippen LogP contribution in [0.2, 0.25) is 0 Å². The van der Waals surface area contributed by atoms with E-state index in [9.17, 15) is 4.79 Å². The second-order valence-electron chi connectivity index (χ2n) is 2.91. The highest BCUT2D eigenvalue weighted by Crippen LogP contribution is 2.23. The van der Waals surface area contributed by atoms with Crippen molar-refractivity contribution in [2.45, 2.75) is 24.8 Å². The maximum absolute atomic E-state index is 10.8. The van der Waals surface area contributed by atoms with Crippen LogP contribution in [0.25, 0.3) is 0 Å². The second kappa shape index (κ2) is 4.48. The molecule has 0 aromatic carbocycles. The zero-order chi connectivity index (χ0) is 8.32. The van der Waals surface area contributed by atoms with Crippen LogP contribution in [0.1, 0.15) is 19.3 Å². The first-order valence-electron chi connectivity index (χ1n) is 3.80. The van der Waals surface area contributed by atoms with Gasteiger partial charge in [-0.3, -0.25) is 4.79 Å². The Labute approximate surface area is 78.3 Å². The lowest BCUT2D eigenvalue weighted by atomic mass is 9.94. The van der Waals surface area contributed by atoms with Crippen LogP contribution in [0.4, 0.5) is 0 Å². The summed E-state index contributed by atoms with van der Waals surface area (Å²) < 4.78 is 0. The third-order valence-corrected chi connectivity index (χ3v) is 2.15. The Balaban J connectivity index is 0.00000121. The van der Waals surface area contributed by atoms with Crippen molar-refractivity contribution in [3.8, 4) is 0 Å². The number of nitrogens with one attached hydrogen (secondary N) is 1. The fourth-order valence-electron chi connectivity index (χ4n) is 1.50. The number of rotatable bonds is 3. The molecule has 4 heteroatoms. The van der Waals surface area contributed by atoms with Gasteiger partial charge in [0.25, 0.3) is 0 Å². The van der Waals surface area contributed by atoms with Crippen LogP contribution >= 0.6 is 12.4 Å². The normalized spacial score (nSPS) is 27.7. The van der Waals surface area contributed by atoms with Gasteiger partial charge in [0, 0.05) is 0 Å². The molecule has 12 heavy (non-hydrogen) atoms. The van der Waals surface area contributed by atoms with E-state index in [-0.39, 0.29) is 12.4 Å². The first-order valence-corrected chi connectivity index (χ1v) is 3.80. The minimum absolute atomic E-state index is 0. The van der Waals surface area contributed by atoms with Crippen LogP contribution in [0.3, 0.4) is 0 Å². The molecule has 70 valence electrons. The summed E-state index contributed by atoms with van der Waals surface area (Å²) in [4.78, 5) is 10.8. The van der Waals surface area contributed by atoms with Gasteiger partial charge in [-0.15, -0.1) is 19.0 Å². The standard InChI is InChI=1S/C8H13NO2.ClH/c1-2-4-8(7(10)11)5-3-6-9-8;/h2,9H,1,3-6H2,(H,10,11);1H/t8-;/m0./s1. The molecule has 1 rings (SSSR count). The van der Waals surface area contributed by atoms with Crippen molar-refractivity contribution >= 4 is 18.4 Å². The number of carboxylic acid groups (broad SMARTS) is 1. The molecule has 1 heterocycles. The molecule has 3 nitrogen and oxygen atoms in total. The monoisotopic (exact) mass is 191 g/mol. The van der Waals surface area contributed by atoms with Gasteiger partial charge < -0.3 is 10.4 Å². The molecule has 2 N–H and O–H groups in total. The van der Waals surface area contributed by atoms with Crippen LogP contribution in [-0.4, -0.2) is 23.2 Å². The van der Waals surface area contributed by atoms with Crippen LogP contribution in [0.15, 0.2) is 12.7 Å². The van der Waals surface area contributed by atoms with E-state index in [4.69, 9.17) is 5.11 Å². The lowest BCUT2D eigenvalue weighted by Gasteiger charge is -2.22. The smallest absolute Gasteiger partial charge is 0.324 e. The molecule has 1 aliphatic heterocycles. The molecule has 1 atom stereocenters. The molecule has 0 spiro atoms. The second-order valence-corrected chi connectivity index (χ2v) is 2.91. The molecule has 0 aromatic heterocycles. The van der Waals surface area contributed by atoms with E-state index in [1.807, 2.05) is 0 Å². The molecule has 1 saturated heterocycles. The Hall–Kier alpha value is -0.540. The maximum atomic E-state index is 10.8. The quantitative estimate of drug-likeness (QED) is 0.659. The van der Waals surface area contributed by atoms with Crippen molar-refractivity contribution in [2.75, 3.05) is 6.54 Å². The van der Waals surface area contributed by atoms with E-state index in [2.05, 4.69) is 11.9 Å². The molecule has 1 aliphatic rings. The van der Waals surface area contributed by atoms with Gasteiger partial charge in [0.05, 0.1) is 0 Å². The van der Waals surface area contributed by atoms with Crippen LogP contribution < -0.4 is 5.32 Å². The Kier molecular flexibility index (Phi) is 4.28. The van der Waals surface area contributed by atoms with Gasteiger partial charge >= 0.3 is 5.97 Å². The van der Waals surface area contributed by atoms with Crippen molar-refractivity contribution in [3.05, 3.63) is 12.7 Å². The fourth-order valence-corrected chi connectivity index (χ4v) is 1.50. The third kappa shape index (κ3) is 1.99. The van der Waals surface area contributed by atoms with Gasteiger partial charge in [-0.05, 0) is 25.8 Å². The number of hydrogen-bond donors (Lipinski definition) is 2. The molecule has 0 aromatic rings. The summed E-state index contributed by atoms with van der Waals surface area (Å²) in [6.07, 6.45) is 3.84. The molecule has 0 radical (unpaired) electrons. The van der Waals surface area contributed by atoms with Gasteiger partial charge in [-0.1, -0.05) is 6.08 Å². The van der Waals surface area contributed by atoms with E-state index in [1.54, 1.807) is 6.08 Å². The fraction of sp³-hybridized carbons (Fsp3) is 0.625. The summed E-state index contributed by atoms with van der Waals surface area (Å²) in [6, 6.07) is 0. The topological polar surface area (TPSA) is 49.3 Å². The lowest BCUT2D eigenvalue weighted by Crippen LogP contribution is -2.46. The Morgan fingerprint density at radius 1 is 1.75 bits per heavy atom. The lowest BCUT2D eigenvalue weighted by molar-refractivity contribution is -0.144. The predicted molar refractivity (Wildman–Crippen MR) is 49.7 cm³/mol. The summed E-state index contributed by atoms with van der Waals surface area (Å²) in [7, 11) is 0. The number of hydrogen-bond acceptors (Lipinski definition) is 2. The molecule has 0 saturated carbocycles. The molecule has 1 fully saturated rings. The number of halogens is 1. The van der Waals surface area contributed by atoms with E-state index >= 15 is 0 Å². The maximum Gasteiger partial charge on any atom is 0.324 e. The summed E-state index contributed by atoms with van der Waals surface area (Å²) in [6.45, 7) is 4.35. The predicted octanol–water partition coefficient (Wildman–Crippen LogP) is 1.19. The summed E-state index contributed by atoms with van der Waals surface area (Å²) in [5, 5.41) is 11.9. The molecule has 0 bridgehead atoms. The molecule has 0 amide bonds. The van der Waals surface area contributed by atoms with Gasteiger partial charge in [-0.2, -0.15) is 0 Å². The van der Waals surface area contributed by atoms with Crippen LogP contribution in [0, 0.1) is 0 Å². The highest BCUT2D eigenvalue weighted by Gasteiger charge is 2.39. The Bertz CT molecular complexity index is 176. The summed E-state index contributed by atoms with van der Waals surface area (Å²) in [5.41, 5.74) is -0.707. The van der Waals surface area contributed by atoms with Gasteiger partial charge in [0.15, 0.2) is 0 Å². The van der Waals surface area contributed by atoms with E-state index in [0.29, 0.717) is 12.8 Å². The number of carboxylic acids is 1. The van der Waals surface area contributed by atoms with Gasteiger partial charge in [0.2, 0.25) is 0 Å². The highest BCUT2D eigenvalue weighted by molar-refractivity contribution is 5.85. The highest BCUT2D eigenvalue weighted by atomic mass is 35.5. The Morgan fingerprint density at radius 2 is 2.42 bits per heavy atom. The molecule has 0 aliphatic carbocycles. The van der Waals surface area contributed by atoms with Crippen molar-refractivity contribution in [1.82, 2.24) is 5.32 Å². The first-order chi connectivity index (χ1) is 5.21. The van der Waals surface area contributed by atoms with Crippen molar-refractivity contribution in [2.24, 2.45) is 0 Å². The van der Waals surface area contributed by atoms with E-state index in [0.717, 1.165) is 13.0 Å².